The predicted molar refractivity (Wildman–Crippen MR) is 111 cm³/mol. The van der Waals surface area contributed by atoms with E-state index in [1.807, 2.05) is 25.1 Å². The molecule has 0 atom stereocenters. The molecule has 0 bridgehead atoms. The zero-order chi connectivity index (χ0) is 21.2. The Hall–Kier alpha value is -2.77. The van der Waals surface area contributed by atoms with E-state index < -0.39 is 21.7 Å². The van der Waals surface area contributed by atoms with E-state index in [4.69, 9.17) is 0 Å². The van der Waals surface area contributed by atoms with Crippen LogP contribution < -0.4 is 4.72 Å². The summed E-state index contributed by atoms with van der Waals surface area (Å²) in [7, 11) is 0.0501. The number of hydrogen-bond donors (Lipinski definition) is 1. The van der Waals surface area contributed by atoms with Crippen molar-refractivity contribution in [3.8, 4) is 11.1 Å². The van der Waals surface area contributed by atoms with Crippen LogP contribution in [0.4, 0.5) is 14.5 Å². The lowest BCUT2D eigenvalue weighted by molar-refractivity contribution is 0.402. The van der Waals surface area contributed by atoms with E-state index in [1.54, 1.807) is 31.2 Å². The Kier molecular flexibility index (Phi) is 6.00. The van der Waals surface area contributed by atoms with Gasteiger partial charge >= 0.3 is 0 Å². The number of aryl methyl sites for hydroxylation is 1. The van der Waals surface area contributed by atoms with Crippen molar-refractivity contribution in [2.24, 2.45) is 0 Å². The number of halogens is 2. The highest BCUT2D eigenvalue weighted by Crippen LogP contribution is 2.28. The normalized spacial score (nSPS) is 11.7. The average molecular weight is 416 g/mol. The number of anilines is 1. The van der Waals surface area contributed by atoms with Crippen molar-refractivity contribution in [1.82, 2.24) is 4.90 Å². The summed E-state index contributed by atoms with van der Waals surface area (Å²) in [6, 6.07) is 15.0. The van der Waals surface area contributed by atoms with Gasteiger partial charge in [-0.05, 0) is 74.1 Å². The number of rotatable bonds is 6. The molecular weight excluding hydrogens is 394 g/mol. The van der Waals surface area contributed by atoms with Gasteiger partial charge in [-0.2, -0.15) is 0 Å². The first kappa shape index (κ1) is 21.0. The van der Waals surface area contributed by atoms with E-state index in [-0.39, 0.29) is 10.5 Å². The topological polar surface area (TPSA) is 49.4 Å². The van der Waals surface area contributed by atoms with E-state index in [0.29, 0.717) is 23.4 Å². The molecule has 0 fully saturated rings. The van der Waals surface area contributed by atoms with Crippen LogP contribution in [-0.2, 0) is 16.6 Å². The number of sulfonamides is 1. The van der Waals surface area contributed by atoms with Gasteiger partial charge in [0.25, 0.3) is 10.0 Å². The van der Waals surface area contributed by atoms with Crippen molar-refractivity contribution in [1.29, 1.82) is 0 Å². The molecule has 0 heterocycles. The molecule has 0 radical (unpaired) electrons. The van der Waals surface area contributed by atoms with Crippen molar-refractivity contribution in [3.05, 3.63) is 83.4 Å². The van der Waals surface area contributed by atoms with Gasteiger partial charge in [0, 0.05) is 23.9 Å². The van der Waals surface area contributed by atoms with Gasteiger partial charge in [-0.3, -0.25) is 4.72 Å². The van der Waals surface area contributed by atoms with Gasteiger partial charge in [-0.25, -0.2) is 17.2 Å². The van der Waals surface area contributed by atoms with Crippen LogP contribution in [-0.4, -0.2) is 27.4 Å². The van der Waals surface area contributed by atoms with Crippen molar-refractivity contribution in [2.45, 2.75) is 18.4 Å². The van der Waals surface area contributed by atoms with Gasteiger partial charge in [-0.15, -0.1) is 0 Å². The summed E-state index contributed by atoms with van der Waals surface area (Å²) in [6.45, 7) is 2.33. The van der Waals surface area contributed by atoms with Crippen LogP contribution in [0.1, 0.15) is 11.1 Å². The maximum atomic E-state index is 14.0. The fraction of sp³-hybridized carbons (Fsp3) is 0.182. The number of hydrogen-bond acceptors (Lipinski definition) is 3. The minimum absolute atomic E-state index is 0.0989. The van der Waals surface area contributed by atoms with Crippen LogP contribution in [0.15, 0.2) is 65.6 Å². The summed E-state index contributed by atoms with van der Waals surface area (Å²) >= 11 is 0. The molecule has 0 aliphatic carbocycles. The Morgan fingerprint density at radius 3 is 2.38 bits per heavy atom. The van der Waals surface area contributed by atoms with Gasteiger partial charge in [0.2, 0.25) is 0 Å². The fourth-order valence-corrected chi connectivity index (χ4v) is 4.43. The van der Waals surface area contributed by atoms with Crippen molar-refractivity contribution in [2.75, 3.05) is 18.8 Å². The largest absolute Gasteiger partial charge is 0.305 e. The molecule has 0 aliphatic rings. The van der Waals surface area contributed by atoms with Crippen molar-refractivity contribution >= 4 is 15.7 Å². The molecule has 29 heavy (non-hydrogen) atoms. The van der Waals surface area contributed by atoms with Gasteiger partial charge in [0.05, 0.1) is 4.90 Å². The lowest BCUT2D eigenvalue weighted by Crippen LogP contribution is -2.15. The summed E-state index contributed by atoms with van der Waals surface area (Å²) in [5.74, 6) is -1.36. The second kappa shape index (κ2) is 8.31. The van der Waals surface area contributed by atoms with Crippen LogP contribution in [0.2, 0.25) is 0 Å². The molecule has 0 unspecified atom stereocenters. The number of benzene rings is 3. The Labute approximate surface area is 169 Å². The first-order valence-corrected chi connectivity index (χ1v) is 10.5. The summed E-state index contributed by atoms with van der Waals surface area (Å²) in [5, 5.41) is 0. The second-order valence-electron chi connectivity index (χ2n) is 7.15. The molecule has 0 spiro atoms. The molecule has 4 nitrogen and oxygen atoms in total. The lowest BCUT2D eigenvalue weighted by atomic mass is 10.0. The third-order valence-electron chi connectivity index (χ3n) is 4.38. The molecule has 0 aromatic heterocycles. The molecule has 7 heteroatoms. The summed E-state index contributed by atoms with van der Waals surface area (Å²) in [5.41, 5.74) is 2.60. The zero-order valence-corrected chi connectivity index (χ0v) is 17.2. The average Bonchev–Trinajstić information content (AvgIpc) is 2.60. The quantitative estimate of drug-likeness (QED) is 0.628. The first-order chi connectivity index (χ1) is 13.7. The minimum Gasteiger partial charge on any atom is -0.305 e. The smallest absolute Gasteiger partial charge is 0.262 e. The van der Waals surface area contributed by atoms with E-state index >= 15 is 0 Å². The van der Waals surface area contributed by atoms with Gasteiger partial charge in [0.15, 0.2) is 0 Å². The highest BCUT2D eigenvalue weighted by molar-refractivity contribution is 7.92. The lowest BCUT2D eigenvalue weighted by Gasteiger charge is -2.14. The molecule has 3 aromatic carbocycles. The van der Waals surface area contributed by atoms with E-state index in [9.17, 15) is 17.2 Å². The maximum absolute atomic E-state index is 14.0. The SMILES string of the molecule is Cc1cc(-c2ccc(F)cc2F)ccc1S(=O)(=O)Nc1cccc(CN(C)C)c1. The van der Waals surface area contributed by atoms with E-state index in [1.165, 1.54) is 24.3 Å². The van der Waals surface area contributed by atoms with Gasteiger partial charge in [-0.1, -0.05) is 18.2 Å². The van der Waals surface area contributed by atoms with Crippen LogP contribution in [0.3, 0.4) is 0 Å². The number of nitrogens with one attached hydrogen (secondary N) is 1. The van der Waals surface area contributed by atoms with Crippen molar-refractivity contribution < 1.29 is 17.2 Å². The minimum atomic E-state index is -3.82. The summed E-state index contributed by atoms with van der Waals surface area (Å²) in [6.07, 6.45) is 0. The first-order valence-electron chi connectivity index (χ1n) is 8.98. The molecule has 0 amide bonds. The van der Waals surface area contributed by atoms with E-state index in [2.05, 4.69) is 4.72 Å². The maximum Gasteiger partial charge on any atom is 0.262 e. The van der Waals surface area contributed by atoms with E-state index in [0.717, 1.165) is 11.6 Å². The molecular formula is C22H22F2N2O2S. The Bertz CT molecular complexity index is 1150. The second-order valence-corrected chi connectivity index (χ2v) is 8.80. The predicted octanol–water partition coefficient (Wildman–Crippen LogP) is 4.80. The fourth-order valence-electron chi connectivity index (χ4n) is 3.15. The third kappa shape index (κ3) is 4.99. The molecule has 3 aromatic rings. The van der Waals surface area contributed by atoms with Crippen LogP contribution in [0.25, 0.3) is 11.1 Å². The van der Waals surface area contributed by atoms with Crippen LogP contribution >= 0.6 is 0 Å². The molecule has 3 rings (SSSR count). The zero-order valence-electron chi connectivity index (χ0n) is 16.4. The highest BCUT2D eigenvalue weighted by atomic mass is 32.2. The molecule has 0 saturated carbocycles. The Balaban J connectivity index is 1.90. The monoisotopic (exact) mass is 416 g/mol. The summed E-state index contributed by atoms with van der Waals surface area (Å²) < 4.78 is 55.5. The molecule has 152 valence electrons. The Morgan fingerprint density at radius 1 is 0.966 bits per heavy atom. The number of nitrogens with zero attached hydrogens (tertiary/aromatic N) is 1. The molecule has 1 N–H and O–H groups in total. The molecule has 0 saturated heterocycles. The highest BCUT2D eigenvalue weighted by Gasteiger charge is 2.18. The van der Waals surface area contributed by atoms with Gasteiger partial charge < -0.3 is 4.90 Å². The Morgan fingerprint density at radius 2 is 1.72 bits per heavy atom. The van der Waals surface area contributed by atoms with Crippen LogP contribution in [0, 0.1) is 18.6 Å². The molecule has 0 aliphatic heterocycles. The van der Waals surface area contributed by atoms with Gasteiger partial charge in [0.1, 0.15) is 11.6 Å². The van der Waals surface area contributed by atoms with Crippen LogP contribution in [0.5, 0.6) is 0 Å². The standard InChI is InChI=1S/C22H22F2N2O2S/c1-15-11-17(20-9-8-18(23)13-21(20)24)7-10-22(15)29(27,28)25-19-6-4-5-16(12-19)14-26(2)3/h4-13,25H,14H2,1-3H3. The third-order valence-corrected chi connectivity index (χ3v) is 5.93. The summed E-state index contributed by atoms with van der Waals surface area (Å²) in [4.78, 5) is 2.09. The van der Waals surface area contributed by atoms with Crippen molar-refractivity contribution in [3.63, 3.8) is 0 Å².